The van der Waals surface area contributed by atoms with Gasteiger partial charge in [-0.2, -0.15) is 9.52 Å². The smallest absolute Gasteiger partial charge is 0.283 e. The Labute approximate surface area is 239 Å². The molecule has 0 saturated carbocycles. The number of H-pyrrole nitrogens is 1. The number of carbonyl (C=O) groups excluding carboxylic acids is 1. The summed E-state index contributed by atoms with van der Waals surface area (Å²) in [6.07, 6.45) is 0.985. The van der Waals surface area contributed by atoms with Gasteiger partial charge >= 0.3 is 0 Å². The minimum Gasteiger partial charge on any atom is -0.409 e. The molecule has 2 aromatic carbocycles. The molecule has 1 fully saturated rings. The molecule has 0 spiro atoms. The summed E-state index contributed by atoms with van der Waals surface area (Å²) in [5, 5.41) is 31.3. The number of fused-ring (bicyclic) bond motifs is 2. The number of nitrogens with zero attached hydrogens (tertiary/aromatic N) is 7. The number of benzene rings is 2. The summed E-state index contributed by atoms with van der Waals surface area (Å²) >= 11 is 1.38. The van der Waals surface area contributed by atoms with Crippen molar-refractivity contribution in [3.8, 4) is 0 Å². The second-order valence-electron chi connectivity index (χ2n) is 10.1. The molecule has 0 radical (unpaired) electrons. The summed E-state index contributed by atoms with van der Waals surface area (Å²) < 4.78 is 29.0. The van der Waals surface area contributed by atoms with E-state index < -0.39 is 16.1 Å². The number of hydrogen-bond acceptors (Lipinski definition) is 11. The molecule has 2 unspecified atom stereocenters. The molecule has 2 aliphatic rings. The summed E-state index contributed by atoms with van der Waals surface area (Å²) in [5.41, 5.74) is 7.15. The van der Waals surface area contributed by atoms with Gasteiger partial charge in [0.2, 0.25) is 10.0 Å². The molecule has 0 bridgehead atoms. The molecule has 1 saturated heterocycles. The molecule has 2 atom stereocenters. The molecular formula is C25H28N10O4S2. The Balaban J connectivity index is 1.27. The Morgan fingerprint density at radius 2 is 2.02 bits per heavy atom. The maximum Gasteiger partial charge on any atom is 0.283 e. The Kier molecular flexibility index (Phi) is 7.14. The first kappa shape index (κ1) is 27.2. The number of amidine groups is 1. The van der Waals surface area contributed by atoms with Crippen molar-refractivity contribution < 1.29 is 18.4 Å². The number of oxime groups is 1. The van der Waals surface area contributed by atoms with Crippen molar-refractivity contribution in [1.29, 1.82) is 0 Å². The van der Waals surface area contributed by atoms with E-state index in [0.29, 0.717) is 28.3 Å². The molecule has 0 aliphatic carbocycles. The van der Waals surface area contributed by atoms with Crippen molar-refractivity contribution in [3.05, 3.63) is 63.4 Å². The Bertz CT molecular complexity index is 1740. The SMILES string of the molecule is CC1Cc2nc(C(=O)N3CCN(S(=O)(=O)c4ccc5cc(C(N)=NO)ccc5c4)CC3Cc3nn[nH]n3)sc2CN1. The Morgan fingerprint density at radius 3 is 2.80 bits per heavy atom. The summed E-state index contributed by atoms with van der Waals surface area (Å²) in [4.78, 5) is 21.2. The molecule has 16 heteroatoms. The monoisotopic (exact) mass is 596 g/mol. The minimum absolute atomic E-state index is 0.0344. The van der Waals surface area contributed by atoms with Crippen LogP contribution < -0.4 is 11.1 Å². The van der Waals surface area contributed by atoms with Crippen LogP contribution in [0.3, 0.4) is 0 Å². The van der Waals surface area contributed by atoms with E-state index in [0.717, 1.165) is 22.4 Å². The zero-order chi connectivity index (χ0) is 28.7. The fraction of sp³-hybridized carbons (Fsp3) is 0.360. The number of hydrogen-bond donors (Lipinski definition) is 4. The maximum absolute atomic E-state index is 13.8. The standard InChI is InChI=1S/C25H28N10O4S2/c1-14-8-20-21(12-27-14)40-24(28-20)25(36)35-7-6-34(13-18(35)11-22-29-32-33-30-22)41(38,39)19-5-4-15-9-17(23(26)31-37)3-2-16(15)10-19/h2-5,9-10,14,18,27,37H,6-8,11-13H2,1H3,(H2,26,31)(H,29,30,32,33). The quantitative estimate of drug-likeness (QED) is 0.106. The number of rotatable bonds is 6. The lowest BCUT2D eigenvalue weighted by molar-refractivity contribution is 0.0561. The number of amides is 1. The number of sulfonamides is 1. The van der Waals surface area contributed by atoms with E-state index in [9.17, 15) is 13.2 Å². The van der Waals surface area contributed by atoms with Gasteiger partial charge in [-0.1, -0.05) is 28.6 Å². The highest BCUT2D eigenvalue weighted by atomic mass is 32.2. The molecule has 214 valence electrons. The predicted octanol–water partition coefficient (Wildman–Crippen LogP) is 0.696. The van der Waals surface area contributed by atoms with Gasteiger partial charge in [0.1, 0.15) is 0 Å². The highest BCUT2D eigenvalue weighted by molar-refractivity contribution is 7.89. The Morgan fingerprint density at radius 1 is 1.22 bits per heavy atom. The molecular weight excluding hydrogens is 568 g/mol. The van der Waals surface area contributed by atoms with Gasteiger partial charge in [-0.15, -0.1) is 21.5 Å². The van der Waals surface area contributed by atoms with Gasteiger partial charge in [0.25, 0.3) is 5.91 Å². The van der Waals surface area contributed by atoms with Gasteiger partial charge in [-0.3, -0.25) is 4.79 Å². The third-order valence-corrected chi connectivity index (χ3v) is 10.4. The van der Waals surface area contributed by atoms with Crippen LogP contribution in [0.25, 0.3) is 10.8 Å². The van der Waals surface area contributed by atoms with Crippen LogP contribution in [0, 0.1) is 0 Å². The third-order valence-electron chi connectivity index (χ3n) is 7.44. The van der Waals surface area contributed by atoms with E-state index in [1.165, 1.54) is 21.7 Å². The van der Waals surface area contributed by atoms with E-state index >= 15 is 0 Å². The summed E-state index contributed by atoms with van der Waals surface area (Å²) in [5.74, 6) is 0.123. The minimum atomic E-state index is -3.90. The van der Waals surface area contributed by atoms with Crippen LogP contribution in [0.4, 0.5) is 0 Å². The number of thiazole rings is 1. The first-order valence-corrected chi connectivity index (χ1v) is 15.3. The molecule has 2 aliphatic heterocycles. The third kappa shape index (κ3) is 5.26. The lowest BCUT2D eigenvalue weighted by atomic mass is 10.1. The van der Waals surface area contributed by atoms with Crippen molar-refractivity contribution in [1.82, 2.24) is 40.1 Å². The normalized spacial score (nSPS) is 20.3. The number of aromatic amines is 1. The van der Waals surface area contributed by atoms with E-state index in [4.69, 9.17) is 10.9 Å². The molecule has 1 amide bonds. The predicted molar refractivity (Wildman–Crippen MR) is 150 cm³/mol. The first-order chi connectivity index (χ1) is 19.7. The van der Waals surface area contributed by atoms with Gasteiger partial charge in [0, 0.05) is 55.5 Å². The van der Waals surface area contributed by atoms with Crippen molar-refractivity contribution in [2.45, 2.75) is 43.3 Å². The van der Waals surface area contributed by atoms with E-state index in [2.05, 4.69) is 43.0 Å². The zero-order valence-electron chi connectivity index (χ0n) is 22.1. The van der Waals surface area contributed by atoms with Gasteiger partial charge in [0.15, 0.2) is 16.7 Å². The number of carbonyl (C=O) groups is 1. The summed E-state index contributed by atoms with van der Waals surface area (Å²) in [7, 11) is -3.90. The fourth-order valence-corrected chi connectivity index (χ4v) is 7.74. The highest BCUT2D eigenvalue weighted by Crippen LogP contribution is 2.29. The molecule has 6 rings (SSSR count). The van der Waals surface area contributed by atoms with Crippen LogP contribution in [0.5, 0.6) is 0 Å². The second-order valence-corrected chi connectivity index (χ2v) is 13.2. The van der Waals surface area contributed by atoms with Gasteiger partial charge in [-0.05, 0) is 35.9 Å². The maximum atomic E-state index is 13.8. The van der Waals surface area contributed by atoms with Gasteiger partial charge in [-0.25, -0.2) is 13.4 Å². The number of piperazine rings is 1. The van der Waals surface area contributed by atoms with Crippen LogP contribution >= 0.6 is 11.3 Å². The largest absolute Gasteiger partial charge is 0.409 e. The van der Waals surface area contributed by atoms with Gasteiger partial charge in [0.05, 0.1) is 16.6 Å². The number of nitrogens with one attached hydrogen (secondary N) is 2. The lowest BCUT2D eigenvalue weighted by Crippen LogP contribution is -2.57. The van der Waals surface area contributed by atoms with Crippen LogP contribution in [0.1, 0.15) is 38.7 Å². The molecule has 4 heterocycles. The summed E-state index contributed by atoms with van der Waals surface area (Å²) in [6, 6.07) is 9.69. The number of tetrazole rings is 1. The van der Waals surface area contributed by atoms with Crippen molar-refractivity contribution in [2.24, 2.45) is 10.9 Å². The molecule has 2 aromatic heterocycles. The van der Waals surface area contributed by atoms with Crippen LogP contribution in [0.15, 0.2) is 46.4 Å². The molecule has 41 heavy (non-hydrogen) atoms. The van der Waals surface area contributed by atoms with Gasteiger partial charge < -0.3 is 21.2 Å². The van der Waals surface area contributed by atoms with Crippen LogP contribution in [-0.2, 0) is 29.4 Å². The topological polar surface area (TPSA) is 196 Å². The highest BCUT2D eigenvalue weighted by Gasteiger charge is 2.38. The molecule has 14 nitrogen and oxygen atoms in total. The van der Waals surface area contributed by atoms with E-state index in [1.54, 1.807) is 35.2 Å². The van der Waals surface area contributed by atoms with Crippen molar-refractivity contribution >= 4 is 43.9 Å². The molecule has 5 N–H and O–H groups in total. The number of aromatic nitrogens is 5. The van der Waals surface area contributed by atoms with E-state index in [-0.39, 0.29) is 48.7 Å². The van der Waals surface area contributed by atoms with Crippen LogP contribution in [-0.4, -0.2) is 91.9 Å². The second kappa shape index (κ2) is 10.8. The average molecular weight is 597 g/mol. The first-order valence-electron chi connectivity index (χ1n) is 13.0. The van der Waals surface area contributed by atoms with Crippen molar-refractivity contribution in [2.75, 3.05) is 19.6 Å². The molecule has 4 aromatic rings. The van der Waals surface area contributed by atoms with Crippen LogP contribution in [0.2, 0.25) is 0 Å². The lowest BCUT2D eigenvalue weighted by Gasteiger charge is -2.40. The number of nitrogens with two attached hydrogens (primary N) is 1. The van der Waals surface area contributed by atoms with Crippen molar-refractivity contribution in [3.63, 3.8) is 0 Å². The summed E-state index contributed by atoms with van der Waals surface area (Å²) in [6.45, 7) is 3.14. The fourth-order valence-electron chi connectivity index (χ4n) is 5.24. The average Bonchev–Trinajstić information content (AvgIpc) is 3.65. The zero-order valence-corrected chi connectivity index (χ0v) is 23.7. The van der Waals surface area contributed by atoms with E-state index in [1.807, 2.05) is 0 Å². The Hall–Kier alpha value is -3.99.